The van der Waals surface area contributed by atoms with Crippen LogP contribution < -0.4 is 16.8 Å². The Morgan fingerprint density at radius 2 is 2.00 bits per heavy atom. The third kappa shape index (κ3) is 4.27. The molecule has 3 heterocycles. The van der Waals surface area contributed by atoms with Gasteiger partial charge in [0.05, 0.1) is 6.54 Å². The van der Waals surface area contributed by atoms with Gasteiger partial charge in [0.15, 0.2) is 0 Å². The molecule has 9 nitrogen and oxygen atoms in total. The van der Waals surface area contributed by atoms with Gasteiger partial charge in [-0.15, -0.1) is 0 Å². The highest BCUT2D eigenvalue weighted by atomic mass is 19.1. The summed E-state index contributed by atoms with van der Waals surface area (Å²) in [6.45, 7) is 0.420. The summed E-state index contributed by atoms with van der Waals surface area (Å²) < 4.78 is 12.9. The standard InChI is InChI=1S/C21H23FN6O3/c22-16-7-3-12(10-25-16)15(23)6-8-17(24)26-18(29)11-27-9-1-2-14-19(27)21(31)28(20(14)30)13-4-5-13/h3,6-8,10,13H,1-2,4-5,9,11,23-24H2,(H,26,29)/b15-6-,17-8+. The fourth-order valence-corrected chi connectivity index (χ4v) is 3.75. The molecule has 1 saturated carbocycles. The molecular formula is C21H23FN6O3. The molecule has 1 aromatic heterocycles. The number of nitrogens with two attached hydrogens (primary N) is 2. The van der Waals surface area contributed by atoms with Crippen molar-refractivity contribution in [3.8, 4) is 0 Å². The summed E-state index contributed by atoms with van der Waals surface area (Å²) >= 11 is 0. The summed E-state index contributed by atoms with van der Waals surface area (Å²) in [6, 6.07) is 2.66. The predicted molar refractivity (Wildman–Crippen MR) is 109 cm³/mol. The van der Waals surface area contributed by atoms with E-state index in [1.54, 1.807) is 4.90 Å². The van der Waals surface area contributed by atoms with Crippen LogP contribution in [0.2, 0.25) is 0 Å². The topological polar surface area (TPSA) is 135 Å². The minimum absolute atomic E-state index is 0.00610. The fraction of sp³-hybridized carbons (Fsp3) is 0.333. The van der Waals surface area contributed by atoms with Crippen molar-refractivity contribution in [3.05, 3.63) is 59.1 Å². The number of pyridine rings is 1. The van der Waals surface area contributed by atoms with Crippen LogP contribution in [-0.2, 0) is 14.4 Å². The summed E-state index contributed by atoms with van der Waals surface area (Å²) in [5, 5.41) is 2.55. The highest BCUT2D eigenvalue weighted by Crippen LogP contribution is 2.38. The van der Waals surface area contributed by atoms with E-state index in [9.17, 15) is 18.8 Å². The van der Waals surface area contributed by atoms with Gasteiger partial charge < -0.3 is 21.7 Å². The minimum atomic E-state index is -0.613. The van der Waals surface area contributed by atoms with Gasteiger partial charge in [-0.05, 0) is 50.0 Å². The summed E-state index contributed by atoms with van der Waals surface area (Å²) in [4.78, 5) is 44.3. The second-order valence-corrected chi connectivity index (χ2v) is 7.73. The van der Waals surface area contributed by atoms with Gasteiger partial charge in [0, 0.05) is 35.6 Å². The highest BCUT2D eigenvalue weighted by molar-refractivity contribution is 6.19. The van der Waals surface area contributed by atoms with Crippen molar-refractivity contribution in [1.82, 2.24) is 20.1 Å². The molecule has 4 rings (SSSR count). The van der Waals surface area contributed by atoms with Gasteiger partial charge in [-0.3, -0.25) is 19.3 Å². The Hall–Kier alpha value is -3.69. The molecule has 10 heteroatoms. The first-order chi connectivity index (χ1) is 14.8. The molecule has 3 amide bonds. The van der Waals surface area contributed by atoms with Crippen molar-refractivity contribution in [3.63, 3.8) is 0 Å². The maximum atomic E-state index is 12.9. The lowest BCUT2D eigenvalue weighted by Gasteiger charge is -2.28. The van der Waals surface area contributed by atoms with Crippen LogP contribution in [0.15, 0.2) is 47.6 Å². The third-order valence-electron chi connectivity index (χ3n) is 5.39. The lowest BCUT2D eigenvalue weighted by Crippen LogP contribution is -2.42. The minimum Gasteiger partial charge on any atom is -0.398 e. The smallest absolute Gasteiger partial charge is 0.277 e. The third-order valence-corrected chi connectivity index (χ3v) is 5.39. The number of amides is 3. The number of imide groups is 1. The monoisotopic (exact) mass is 426 g/mol. The number of nitrogens with zero attached hydrogens (tertiary/aromatic N) is 3. The molecule has 3 aliphatic rings. The molecule has 162 valence electrons. The molecule has 0 radical (unpaired) electrons. The van der Waals surface area contributed by atoms with E-state index in [0.717, 1.165) is 12.8 Å². The van der Waals surface area contributed by atoms with E-state index in [1.165, 1.54) is 35.4 Å². The first kappa shape index (κ1) is 20.6. The predicted octanol–water partition coefficient (Wildman–Crippen LogP) is 0.318. The molecule has 1 aromatic rings. The van der Waals surface area contributed by atoms with Crippen molar-refractivity contribution in [2.45, 2.75) is 31.7 Å². The zero-order valence-electron chi connectivity index (χ0n) is 16.8. The molecule has 0 bridgehead atoms. The zero-order chi connectivity index (χ0) is 22.1. The number of carbonyl (C=O) groups is 3. The summed E-state index contributed by atoms with van der Waals surface area (Å²) in [5.41, 5.74) is 13.4. The molecule has 0 spiro atoms. The highest BCUT2D eigenvalue weighted by Gasteiger charge is 2.48. The molecule has 1 fully saturated rings. The lowest BCUT2D eigenvalue weighted by molar-refractivity contribution is -0.138. The molecular weight excluding hydrogens is 403 g/mol. The molecule has 1 aliphatic carbocycles. The van der Waals surface area contributed by atoms with Crippen molar-refractivity contribution in [2.75, 3.05) is 13.1 Å². The van der Waals surface area contributed by atoms with Crippen LogP contribution in [0.4, 0.5) is 4.39 Å². The number of carbonyl (C=O) groups excluding carboxylic acids is 3. The number of halogens is 1. The van der Waals surface area contributed by atoms with Crippen molar-refractivity contribution >= 4 is 23.4 Å². The molecule has 0 aromatic carbocycles. The maximum Gasteiger partial charge on any atom is 0.277 e. The fourth-order valence-electron chi connectivity index (χ4n) is 3.75. The van der Waals surface area contributed by atoms with Crippen LogP contribution in [0.5, 0.6) is 0 Å². The van der Waals surface area contributed by atoms with E-state index in [0.29, 0.717) is 41.9 Å². The maximum absolute atomic E-state index is 12.9. The van der Waals surface area contributed by atoms with E-state index in [2.05, 4.69) is 10.3 Å². The second-order valence-electron chi connectivity index (χ2n) is 7.73. The number of aromatic nitrogens is 1. The van der Waals surface area contributed by atoms with Gasteiger partial charge in [0.2, 0.25) is 11.9 Å². The molecule has 0 unspecified atom stereocenters. The Kier molecular flexibility index (Phi) is 5.45. The largest absolute Gasteiger partial charge is 0.398 e. The number of rotatable bonds is 6. The van der Waals surface area contributed by atoms with Gasteiger partial charge in [0.1, 0.15) is 11.5 Å². The number of nitrogens with one attached hydrogen (secondary N) is 1. The number of allylic oxidation sites excluding steroid dienone is 2. The van der Waals surface area contributed by atoms with Crippen molar-refractivity contribution in [2.24, 2.45) is 11.5 Å². The van der Waals surface area contributed by atoms with Gasteiger partial charge in [-0.25, -0.2) is 4.98 Å². The van der Waals surface area contributed by atoms with Crippen LogP contribution in [0.25, 0.3) is 5.70 Å². The van der Waals surface area contributed by atoms with E-state index in [1.807, 2.05) is 0 Å². The van der Waals surface area contributed by atoms with E-state index in [4.69, 9.17) is 11.5 Å². The Labute approximate surface area is 178 Å². The average molecular weight is 426 g/mol. The quantitative estimate of drug-likeness (QED) is 0.339. The van der Waals surface area contributed by atoms with Crippen LogP contribution in [-0.4, -0.2) is 51.6 Å². The zero-order valence-corrected chi connectivity index (χ0v) is 16.8. The molecule has 0 atom stereocenters. The van der Waals surface area contributed by atoms with Gasteiger partial charge in [0.25, 0.3) is 11.8 Å². The van der Waals surface area contributed by atoms with Gasteiger partial charge in [-0.1, -0.05) is 0 Å². The van der Waals surface area contributed by atoms with Gasteiger partial charge >= 0.3 is 0 Å². The molecule has 31 heavy (non-hydrogen) atoms. The first-order valence-electron chi connectivity index (χ1n) is 10.1. The SMILES string of the molecule is N/C(=C\C=C(/N)NC(=O)CN1CCCC2=C1C(=O)N(C1CC1)C2=O)c1ccc(F)nc1. The lowest BCUT2D eigenvalue weighted by atomic mass is 10.0. The molecule has 0 saturated heterocycles. The summed E-state index contributed by atoms with van der Waals surface area (Å²) in [6.07, 6.45) is 7.09. The normalized spacial score (nSPS) is 19.8. The van der Waals surface area contributed by atoms with Gasteiger partial charge in [-0.2, -0.15) is 4.39 Å². The average Bonchev–Trinajstić information content (AvgIpc) is 3.53. The Morgan fingerprint density at radius 3 is 2.68 bits per heavy atom. The number of hydrogen-bond donors (Lipinski definition) is 3. The van der Waals surface area contributed by atoms with E-state index >= 15 is 0 Å². The molecule has 5 N–H and O–H groups in total. The first-order valence-corrected chi connectivity index (χ1v) is 10.1. The summed E-state index contributed by atoms with van der Waals surface area (Å²) in [5.74, 6) is -1.49. The Balaban J connectivity index is 1.39. The second kappa shape index (κ2) is 8.21. The molecule has 2 aliphatic heterocycles. The van der Waals surface area contributed by atoms with E-state index < -0.39 is 11.9 Å². The Bertz CT molecular complexity index is 1030. The van der Waals surface area contributed by atoms with Crippen molar-refractivity contribution < 1.29 is 18.8 Å². The van der Waals surface area contributed by atoms with Crippen LogP contribution in [0.1, 0.15) is 31.2 Å². The van der Waals surface area contributed by atoms with E-state index in [-0.39, 0.29) is 30.2 Å². The summed E-state index contributed by atoms with van der Waals surface area (Å²) in [7, 11) is 0. The Morgan fingerprint density at radius 1 is 1.23 bits per heavy atom. The van der Waals surface area contributed by atoms with Crippen LogP contribution in [0.3, 0.4) is 0 Å². The van der Waals surface area contributed by atoms with Crippen molar-refractivity contribution in [1.29, 1.82) is 0 Å². The van der Waals surface area contributed by atoms with Crippen LogP contribution >= 0.6 is 0 Å². The van der Waals surface area contributed by atoms with Crippen LogP contribution in [0, 0.1) is 5.95 Å². The number of hydrogen-bond acceptors (Lipinski definition) is 7.